The second kappa shape index (κ2) is 8.34. The molecule has 0 bridgehead atoms. The molecule has 0 saturated carbocycles. The molecule has 0 aliphatic heterocycles. The minimum Gasteiger partial charge on any atom is -0.348 e. The largest absolute Gasteiger partial charge is 0.348 e. The fourth-order valence-electron chi connectivity index (χ4n) is 2.27. The van der Waals surface area contributed by atoms with E-state index in [4.69, 9.17) is 23.2 Å². The summed E-state index contributed by atoms with van der Waals surface area (Å²) in [6, 6.07) is 15.1. The summed E-state index contributed by atoms with van der Waals surface area (Å²) in [7, 11) is 0. The van der Waals surface area contributed by atoms with Crippen LogP contribution in [-0.2, 0) is 4.79 Å². The number of halogens is 2. The van der Waals surface area contributed by atoms with Crippen LogP contribution in [0.2, 0.25) is 10.0 Å². The maximum atomic E-state index is 12.1. The molecular weight excluding hydrogens is 331 g/mol. The molecule has 0 unspecified atom stereocenters. The minimum absolute atomic E-state index is 0.0571. The summed E-state index contributed by atoms with van der Waals surface area (Å²) in [6.45, 7) is 4.19. The second-order valence-electron chi connectivity index (χ2n) is 5.50. The second-order valence-corrected chi connectivity index (χ2v) is 6.37. The van der Waals surface area contributed by atoms with Gasteiger partial charge in [-0.05, 0) is 49.2 Å². The number of benzene rings is 2. The molecule has 2 aromatic carbocycles. The number of hydrogen-bond donors (Lipinski definition) is 2. The van der Waals surface area contributed by atoms with Crippen molar-refractivity contribution in [1.29, 1.82) is 0 Å². The number of hydrogen-bond acceptors (Lipinski definition) is 2. The smallest absolute Gasteiger partial charge is 0.234 e. The van der Waals surface area contributed by atoms with Gasteiger partial charge in [-0.2, -0.15) is 0 Å². The topological polar surface area (TPSA) is 41.1 Å². The van der Waals surface area contributed by atoms with Crippen LogP contribution in [0, 0.1) is 0 Å². The molecule has 5 heteroatoms. The number of carbonyl (C=O) groups excluding carboxylic acids is 1. The van der Waals surface area contributed by atoms with Gasteiger partial charge in [0.2, 0.25) is 5.91 Å². The Balaban J connectivity index is 1.83. The number of carbonyl (C=O) groups is 1. The summed E-state index contributed by atoms with van der Waals surface area (Å²) in [4.78, 5) is 12.1. The molecule has 2 aromatic rings. The molecule has 2 atom stereocenters. The van der Waals surface area contributed by atoms with Crippen molar-refractivity contribution in [3.8, 4) is 0 Å². The average molecular weight is 351 g/mol. The van der Waals surface area contributed by atoms with Crippen molar-refractivity contribution in [2.75, 3.05) is 6.54 Å². The van der Waals surface area contributed by atoms with Gasteiger partial charge in [0, 0.05) is 16.1 Å². The lowest BCUT2D eigenvalue weighted by atomic mass is 10.1. The Morgan fingerprint density at radius 2 is 1.65 bits per heavy atom. The number of nitrogens with one attached hydrogen (secondary N) is 2. The summed E-state index contributed by atoms with van der Waals surface area (Å²) >= 11 is 11.8. The third kappa shape index (κ3) is 5.54. The molecule has 2 rings (SSSR count). The van der Waals surface area contributed by atoms with E-state index in [0.717, 1.165) is 11.1 Å². The number of rotatable bonds is 6. The van der Waals surface area contributed by atoms with Gasteiger partial charge in [-0.1, -0.05) is 47.5 Å². The molecule has 0 fully saturated rings. The molecule has 0 radical (unpaired) electrons. The van der Waals surface area contributed by atoms with Crippen molar-refractivity contribution in [1.82, 2.24) is 10.6 Å². The highest BCUT2D eigenvalue weighted by molar-refractivity contribution is 6.30. The Morgan fingerprint density at radius 3 is 2.30 bits per heavy atom. The van der Waals surface area contributed by atoms with E-state index >= 15 is 0 Å². The van der Waals surface area contributed by atoms with E-state index in [1.165, 1.54) is 0 Å². The van der Waals surface area contributed by atoms with Crippen molar-refractivity contribution in [2.24, 2.45) is 0 Å². The van der Waals surface area contributed by atoms with Crippen molar-refractivity contribution >= 4 is 29.1 Å². The van der Waals surface area contributed by atoms with Crippen LogP contribution in [0.15, 0.2) is 48.5 Å². The third-order valence-corrected chi connectivity index (χ3v) is 4.15. The average Bonchev–Trinajstić information content (AvgIpc) is 2.53. The predicted molar refractivity (Wildman–Crippen MR) is 95.9 cm³/mol. The Labute approximate surface area is 147 Å². The van der Waals surface area contributed by atoms with E-state index < -0.39 is 0 Å². The maximum absolute atomic E-state index is 12.1. The van der Waals surface area contributed by atoms with E-state index in [0.29, 0.717) is 10.0 Å². The highest BCUT2D eigenvalue weighted by Gasteiger charge is 2.11. The molecule has 122 valence electrons. The molecule has 1 amide bonds. The lowest BCUT2D eigenvalue weighted by molar-refractivity contribution is -0.121. The van der Waals surface area contributed by atoms with Crippen LogP contribution < -0.4 is 10.6 Å². The van der Waals surface area contributed by atoms with Crippen molar-refractivity contribution in [2.45, 2.75) is 25.9 Å². The zero-order valence-electron chi connectivity index (χ0n) is 13.1. The van der Waals surface area contributed by atoms with E-state index in [9.17, 15) is 4.79 Å². The van der Waals surface area contributed by atoms with Gasteiger partial charge in [0.05, 0.1) is 12.6 Å². The maximum Gasteiger partial charge on any atom is 0.234 e. The van der Waals surface area contributed by atoms with Gasteiger partial charge < -0.3 is 10.6 Å². The lowest BCUT2D eigenvalue weighted by Gasteiger charge is -2.17. The minimum atomic E-state index is -0.0890. The van der Waals surface area contributed by atoms with Crippen LogP contribution in [0.1, 0.15) is 37.1 Å². The lowest BCUT2D eigenvalue weighted by Crippen LogP contribution is -2.36. The summed E-state index contributed by atoms with van der Waals surface area (Å²) in [5.74, 6) is -0.0571. The first-order chi connectivity index (χ1) is 11.0. The SMILES string of the molecule is C[C@@H](NCC(=O)N[C@H](C)c1cccc(Cl)c1)c1ccc(Cl)cc1. The molecule has 0 heterocycles. The molecule has 0 saturated heterocycles. The zero-order valence-corrected chi connectivity index (χ0v) is 14.7. The van der Waals surface area contributed by atoms with Crippen LogP contribution in [-0.4, -0.2) is 12.5 Å². The van der Waals surface area contributed by atoms with Crippen molar-refractivity contribution in [3.63, 3.8) is 0 Å². The first kappa shape index (κ1) is 17.8. The Bertz CT molecular complexity index is 658. The highest BCUT2D eigenvalue weighted by Crippen LogP contribution is 2.18. The fourth-order valence-corrected chi connectivity index (χ4v) is 2.59. The van der Waals surface area contributed by atoms with Gasteiger partial charge in [0.15, 0.2) is 0 Å². The van der Waals surface area contributed by atoms with E-state index in [1.807, 2.05) is 62.4 Å². The molecular formula is C18H20Cl2N2O. The molecule has 0 aliphatic rings. The molecule has 0 aliphatic carbocycles. The van der Waals surface area contributed by atoms with Gasteiger partial charge in [-0.15, -0.1) is 0 Å². The quantitative estimate of drug-likeness (QED) is 0.803. The Hall–Kier alpha value is -1.55. The predicted octanol–water partition coefficient (Wildman–Crippen LogP) is 4.52. The van der Waals surface area contributed by atoms with Crippen LogP contribution >= 0.6 is 23.2 Å². The van der Waals surface area contributed by atoms with Gasteiger partial charge in [-0.3, -0.25) is 4.79 Å². The first-order valence-electron chi connectivity index (χ1n) is 7.49. The first-order valence-corrected chi connectivity index (χ1v) is 8.25. The standard InChI is InChI=1S/C18H20Cl2N2O/c1-12(14-6-8-16(19)9-7-14)21-11-18(23)22-13(2)15-4-3-5-17(20)10-15/h3-10,12-13,21H,11H2,1-2H3,(H,22,23)/t12-,13-/m1/s1. The summed E-state index contributed by atoms with van der Waals surface area (Å²) < 4.78 is 0. The van der Waals surface area contributed by atoms with Gasteiger partial charge in [-0.25, -0.2) is 0 Å². The molecule has 3 nitrogen and oxygen atoms in total. The summed E-state index contributed by atoms with van der Waals surface area (Å²) in [5, 5.41) is 7.53. The van der Waals surface area contributed by atoms with E-state index in [2.05, 4.69) is 10.6 Å². The molecule has 2 N–H and O–H groups in total. The van der Waals surface area contributed by atoms with Crippen LogP contribution in [0.25, 0.3) is 0 Å². The third-order valence-electron chi connectivity index (χ3n) is 3.66. The summed E-state index contributed by atoms with van der Waals surface area (Å²) in [5.41, 5.74) is 2.07. The highest BCUT2D eigenvalue weighted by atomic mass is 35.5. The Kier molecular flexibility index (Phi) is 6.46. The van der Waals surface area contributed by atoms with E-state index in [1.54, 1.807) is 0 Å². The Morgan fingerprint density at radius 1 is 0.957 bits per heavy atom. The fraction of sp³-hybridized carbons (Fsp3) is 0.278. The number of amides is 1. The van der Waals surface area contributed by atoms with Gasteiger partial charge >= 0.3 is 0 Å². The zero-order chi connectivity index (χ0) is 16.8. The van der Waals surface area contributed by atoms with Gasteiger partial charge in [0.1, 0.15) is 0 Å². The van der Waals surface area contributed by atoms with Crippen molar-refractivity contribution in [3.05, 3.63) is 69.7 Å². The molecule has 0 spiro atoms. The molecule has 0 aromatic heterocycles. The van der Waals surface area contributed by atoms with Crippen LogP contribution in [0.5, 0.6) is 0 Å². The molecule has 23 heavy (non-hydrogen) atoms. The monoisotopic (exact) mass is 350 g/mol. The van der Waals surface area contributed by atoms with Gasteiger partial charge in [0.25, 0.3) is 0 Å². The summed E-state index contributed by atoms with van der Waals surface area (Å²) in [6.07, 6.45) is 0. The van der Waals surface area contributed by atoms with Crippen molar-refractivity contribution < 1.29 is 4.79 Å². The van der Waals surface area contributed by atoms with Crippen LogP contribution in [0.3, 0.4) is 0 Å². The normalized spacial score (nSPS) is 13.4. The van der Waals surface area contributed by atoms with E-state index in [-0.39, 0.29) is 24.5 Å². The van der Waals surface area contributed by atoms with Crippen LogP contribution in [0.4, 0.5) is 0 Å².